The summed E-state index contributed by atoms with van der Waals surface area (Å²) in [5.74, 6) is 0. The highest BCUT2D eigenvalue weighted by molar-refractivity contribution is 7.89. The van der Waals surface area contributed by atoms with Gasteiger partial charge < -0.3 is 5.73 Å². The molecule has 1 aromatic carbocycles. The fourth-order valence-electron chi connectivity index (χ4n) is 2.24. The first-order valence-electron chi connectivity index (χ1n) is 7.78. The average molecular weight is 312 g/mol. The molecule has 5 heteroatoms. The zero-order chi connectivity index (χ0) is 15.9. The standard InChI is InChI=1S/C16H28N2O2S/c1-4-6-7-9-13(3)18-21(19,20)15-11-8-10-14(12-15)16(17)5-2/h8,10-13,16,18H,4-7,9,17H2,1-3H3. The van der Waals surface area contributed by atoms with Gasteiger partial charge in [-0.2, -0.15) is 0 Å². The molecule has 0 aliphatic heterocycles. The molecular formula is C16H28N2O2S. The molecule has 0 aromatic heterocycles. The maximum atomic E-state index is 12.4. The molecule has 120 valence electrons. The highest BCUT2D eigenvalue weighted by atomic mass is 32.2. The minimum absolute atomic E-state index is 0.0509. The Kier molecular flexibility index (Phi) is 7.35. The van der Waals surface area contributed by atoms with Gasteiger partial charge in [0.25, 0.3) is 0 Å². The second-order valence-corrected chi connectivity index (χ2v) is 7.32. The summed E-state index contributed by atoms with van der Waals surface area (Å²) < 4.78 is 27.5. The van der Waals surface area contributed by atoms with E-state index in [9.17, 15) is 8.42 Å². The first-order chi connectivity index (χ1) is 9.90. The van der Waals surface area contributed by atoms with E-state index < -0.39 is 10.0 Å². The highest BCUT2D eigenvalue weighted by Crippen LogP contribution is 2.18. The molecule has 0 radical (unpaired) electrons. The summed E-state index contributed by atoms with van der Waals surface area (Å²) in [6.07, 6.45) is 4.95. The van der Waals surface area contributed by atoms with E-state index in [4.69, 9.17) is 5.73 Å². The number of hydrogen-bond acceptors (Lipinski definition) is 3. The molecule has 0 fully saturated rings. The van der Waals surface area contributed by atoms with Gasteiger partial charge in [0.2, 0.25) is 10.0 Å². The predicted molar refractivity (Wildman–Crippen MR) is 87.6 cm³/mol. The van der Waals surface area contributed by atoms with Crippen molar-refractivity contribution in [3.8, 4) is 0 Å². The van der Waals surface area contributed by atoms with Gasteiger partial charge in [0.15, 0.2) is 0 Å². The molecule has 0 spiro atoms. The van der Waals surface area contributed by atoms with Crippen molar-refractivity contribution in [2.75, 3.05) is 0 Å². The monoisotopic (exact) mass is 312 g/mol. The lowest BCUT2D eigenvalue weighted by molar-refractivity contribution is 0.527. The van der Waals surface area contributed by atoms with Gasteiger partial charge in [-0.15, -0.1) is 0 Å². The fraction of sp³-hybridized carbons (Fsp3) is 0.625. The van der Waals surface area contributed by atoms with Crippen LogP contribution >= 0.6 is 0 Å². The molecule has 2 unspecified atom stereocenters. The maximum absolute atomic E-state index is 12.4. The summed E-state index contributed by atoms with van der Waals surface area (Å²) in [7, 11) is -3.47. The molecule has 0 bridgehead atoms. The minimum atomic E-state index is -3.47. The van der Waals surface area contributed by atoms with Crippen molar-refractivity contribution in [3.63, 3.8) is 0 Å². The minimum Gasteiger partial charge on any atom is -0.324 e. The van der Waals surface area contributed by atoms with Gasteiger partial charge in [-0.1, -0.05) is 45.2 Å². The number of nitrogens with one attached hydrogen (secondary N) is 1. The van der Waals surface area contributed by atoms with Crippen molar-refractivity contribution in [1.82, 2.24) is 4.72 Å². The lowest BCUT2D eigenvalue weighted by atomic mass is 10.1. The number of benzene rings is 1. The van der Waals surface area contributed by atoms with Crippen LogP contribution in [-0.4, -0.2) is 14.5 Å². The topological polar surface area (TPSA) is 72.2 Å². The zero-order valence-electron chi connectivity index (χ0n) is 13.3. The third-order valence-electron chi connectivity index (χ3n) is 3.63. The molecule has 0 aliphatic carbocycles. The maximum Gasteiger partial charge on any atom is 0.240 e. The van der Waals surface area contributed by atoms with Crippen LogP contribution in [0.2, 0.25) is 0 Å². The number of rotatable bonds is 9. The van der Waals surface area contributed by atoms with Gasteiger partial charge in [0.1, 0.15) is 0 Å². The Morgan fingerprint density at radius 3 is 2.57 bits per heavy atom. The highest BCUT2D eigenvalue weighted by Gasteiger charge is 2.18. The van der Waals surface area contributed by atoms with Gasteiger partial charge >= 0.3 is 0 Å². The SMILES string of the molecule is CCCCCC(C)NS(=O)(=O)c1cccc(C(N)CC)c1. The van der Waals surface area contributed by atoms with Crippen molar-refractivity contribution in [2.45, 2.75) is 69.9 Å². The molecule has 0 saturated heterocycles. The molecule has 21 heavy (non-hydrogen) atoms. The van der Waals surface area contributed by atoms with E-state index >= 15 is 0 Å². The van der Waals surface area contributed by atoms with Crippen LogP contribution in [0, 0.1) is 0 Å². The van der Waals surface area contributed by atoms with E-state index in [1.807, 2.05) is 19.9 Å². The van der Waals surface area contributed by atoms with Gasteiger partial charge in [0.05, 0.1) is 4.90 Å². The zero-order valence-corrected chi connectivity index (χ0v) is 14.1. The van der Waals surface area contributed by atoms with Crippen LogP contribution < -0.4 is 10.5 Å². The van der Waals surface area contributed by atoms with Crippen molar-refractivity contribution in [2.24, 2.45) is 5.73 Å². The molecule has 0 amide bonds. The molecule has 2 atom stereocenters. The summed E-state index contributed by atoms with van der Waals surface area (Å²) in [6.45, 7) is 6.03. The lowest BCUT2D eigenvalue weighted by Crippen LogP contribution is -2.32. The smallest absolute Gasteiger partial charge is 0.240 e. The van der Waals surface area contributed by atoms with Crippen molar-refractivity contribution in [3.05, 3.63) is 29.8 Å². The molecule has 4 nitrogen and oxygen atoms in total. The molecule has 0 saturated carbocycles. The number of sulfonamides is 1. The van der Waals surface area contributed by atoms with Gasteiger partial charge in [0, 0.05) is 12.1 Å². The summed E-state index contributed by atoms with van der Waals surface area (Å²) in [5.41, 5.74) is 6.83. The van der Waals surface area contributed by atoms with E-state index in [2.05, 4.69) is 11.6 Å². The molecule has 1 aromatic rings. The summed E-state index contributed by atoms with van der Waals surface area (Å²) >= 11 is 0. The second kappa shape index (κ2) is 8.51. The van der Waals surface area contributed by atoms with Crippen LogP contribution in [0.3, 0.4) is 0 Å². The van der Waals surface area contributed by atoms with Gasteiger partial charge in [-0.25, -0.2) is 13.1 Å². The third-order valence-corrected chi connectivity index (χ3v) is 5.22. The van der Waals surface area contributed by atoms with E-state index in [0.29, 0.717) is 4.90 Å². The normalized spacial score (nSPS) is 14.9. The first kappa shape index (κ1) is 18.1. The van der Waals surface area contributed by atoms with Crippen LogP contribution in [0.15, 0.2) is 29.2 Å². The Balaban J connectivity index is 2.78. The predicted octanol–water partition coefficient (Wildman–Crippen LogP) is 3.34. The largest absolute Gasteiger partial charge is 0.324 e. The van der Waals surface area contributed by atoms with E-state index in [1.165, 1.54) is 0 Å². The Hall–Kier alpha value is -0.910. The molecule has 0 aliphatic rings. The van der Waals surface area contributed by atoms with Crippen LogP contribution in [0.4, 0.5) is 0 Å². The fourth-order valence-corrected chi connectivity index (χ4v) is 3.57. The molecular weight excluding hydrogens is 284 g/mol. The number of hydrogen-bond donors (Lipinski definition) is 2. The Bertz CT molecular complexity index is 529. The summed E-state index contributed by atoms with van der Waals surface area (Å²) in [5, 5.41) is 0. The first-order valence-corrected chi connectivity index (χ1v) is 9.26. The molecule has 0 heterocycles. The molecule has 3 N–H and O–H groups in total. The van der Waals surface area contributed by atoms with E-state index in [-0.39, 0.29) is 12.1 Å². The lowest BCUT2D eigenvalue weighted by Gasteiger charge is -2.15. The van der Waals surface area contributed by atoms with E-state index in [1.54, 1.807) is 18.2 Å². The van der Waals surface area contributed by atoms with Gasteiger partial charge in [-0.05, 0) is 37.5 Å². The number of nitrogens with two attached hydrogens (primary N) is 1. The average Bonchev–Trinajstić information content (AvgIpc) is 2.46. The second-order valence-electron chi connectivity index (χ2n) is 5.61. The third kappa shape index (κ3) is 5.77. The van der Waals surface area contributed by atoms with Crippen molar-refractivity contribution in [1.29, 1.82) is 0 Å². The quantitative estimate of drug-likeness (QED) is 0.687. The van der Waals surface area contributed by atoms with Crippen LogP contribution in [0.1, 0.15) is 64.5 Å². The Labute approximate surface area is 129 Å². The summed E-state index contributed by atoms with van der Waals surface area (Å²) in [4.78, 5) is 0.297. The van der Waals surface area contributed by atoms with Gasteiger partial charge in [-0.3, -0.25) is 0 Å². The van der Waals surface area contributed by atoms with Crippen LogP contribution in [0.25, 0.3) is 0 Å². The van der Waals surface area contributed by atoms with E-state index in [0.717, 1.165) is 37.7 Å². The molecule has 1 rings (SSSR count). The number of unbranched alkanes of at least 4 members (excludes halogenated alkanes) is 2. The van der Waals surface area contributed by atoms with Crippen molar-refractivity contribution >= 4 is 10.0 Å². The summed E-state index contributed by atoms with van der Waals surface area (Å²) in [6, 6.07) is 6.74. The van der Waals surface area contributed by atoms with Crippen LogP contribution in [-0.2, 0) is 10.0 Å². The Morgan fingerprint density at radius 1 is 1.24 bits per heavy atom. The van der Waals surface area contributed by atoms with Crippen molar-refractivity contribution < 1.29 is 8.42 Å². The van der Waals surface area contributed by atoms with Crippen LogP contribution in [0.5, 0.6) is 0 Å². The Morgan fingerprint density at radius 2 is 1.95 bits per heavy atom.